The number of amides is 1. The largest absolute Gasteiger partial charge is 0.324 e. The van der Waals surface area contributed by atoms with E-state index in [0.29, 0.717) is 13.0 Å². The highest BCUT2D eigenvalue weighted by atomic mass is 32.2. The van der Waals surface area contributed by atoms with E-state index in [9.17, 15) is 9.59 Å². The van der Waals surface area contributed by atoms with Gasteiger partial charge in [-0.15, -0.1) is 11.8 Å². The summed E-state index contributed by atoms with van der Waals surface area (Å²) in [7, 11) is 0. The number of Topliss-reactive ketones (excluding diaryl/α,β-unsaturated/α-hetero) is 1. The number of ketones is 1. The lowest BCUT2D eigenvalue weighted by atomic mass is 9.84. The Bertz CT molecular complexity index is 276. The van der Waals surface area contributed by atoms with Crippen LogP contribution in [0, 0.1) is 5.41 Å². The standard InChI is InChI=1S/C11H19NO2S/c1-5-11(3,4)9(13)10(14)12-6-7-15-8(12)2/h8H,5-7H2,1-4H3/t8-/m1/s1. The van der Waals surface area contributed by atoms with Gasteiger partial charge in [-0.25, -0.2) is 0 Å². The van der Waals surface area contributed by atoms with Gasteiger partial charge >= 0.3 is 0 Å². The zero-order valence-electron chi connectivity index (χ0n) is 9.87. The second kappa shape index (κ2) is 4.56. The number of hydrogen-bond acceptors (Lipinski definition) is 3. The Labute approximate surface area is 95.6 Å². The van der Waals surface area contributed by atoms with E-state index in [1.54, 1.807) is 16.7 Å². The van der Waals surface area contributed by atoms with Gasteiger partial charge in [-0.2, -0.15) is 0 Å². The van der Waals surface area contributed by atoms with Crippen molar-refractivity contribution in [2.24, 2.45) is 5.41 Å². The van der Waals surface area contributed by atoms with Crippen molar-refractivity contribution < 1.29 is 9.59 Å². The normalized spacial score (nSPS) is 21.9. The van der Waals surface area contributed by atoms with Crippen LogP contribution < -0.4 is 0 Å². The molecule has 4 heteroatoms. The first kappa shape index (κ1) is 12.6. The van der Waals surface area contributed by atoms with Crippen LogP contribution in [0.2, 0.25) is 0 Å². The van der Waals surface area contributed by atoms with Crippen LogP contribution in [0.5, 0.6) is 0 Å². The van der Waals surface area contributed by atoms with E-state index < -0.39 is 5.41 Å². The van der Waals surface area contributed by atoms with Gasteiger partial charge < -0.3 is 4.90 Å². The quantitative estimate of drug-likeness (QED) is 0.694. The van der Waals surface area contributed by atoms with Gasteiger partial charge in [0, 0.05) is 17.7 Å². The fourth-order valence-electron chi connectivity index (χ4n) is 1.44. The predicted molar refractivity (Wildman–Crippen MR) is 62.7 cm³/mol. The van der Waals surface area contributed by atoms with Crippen molar-refractivity contribution in [1.29, 1.82) is 0 Å². The van der Waals surface area contributed by atoms with Crippen molar-refractivity contribution in [2.75, 3.05) is 12.3 Å². The molecule has 0 aromatic carbocycles. The first-order valence-corrected chi connectivity index (χ1v) is 6.42. The molecule has 0 N–H and O–H groups in total. The molecule has 0 aromatic rings. The number of hydrogen-bond donors (Lipinski definition) is 0. The Hall–Kier alpha value is -0.510. The van der Waals surface area contributed by atoms with E-state index in [1.165, 1.54) is 0 Å². The molecule has 0 radical (unpaired) electrons. The van der Waals surface area contributed by atoms with Crippen molar-refractivity contribution >= 4 is 23.5 Å². The van der Waals surface area contributed by atoms with Gasteiger partial charge in [0.05, 0.1) is 5.37 Å². The molecule has 0 bridgehead atoms. The van der Waals surface area contributed by atoms with Crippen LogP contribution in [-0.2, 0) is 9.59 Å². The number of carbonyl (C=O) groups is 2. The zero-order chi connectivity index (χ0) is 11.6. The zero-order valence-corrected chi connectivity index (χ0v) is 10.7. The lowest BCUT2D eigenvalue weighted by molar-refractivity contribution is -0.149. The Balaban J connectivity index is 2.72. The maximum Gasteiger partial charge on any atom is 0.291 e. The molecule has 0 spiro atoms. The maximum absolute atomic E-state index is 11.9. The summed E-state index contributed by atoms with van der Waals surface area (Å²) in [5, 5.41) is 0.147. The van der Waals surface area contributed by atoms with Gasteiger partial charge in [-0.05, 0) is 13.3 Å². The minimum Gasteiger partial charge on any atom is -0.324 e. The number of carbonyl (C=O) groups excluding carboxylic acids is 2. The van der Waals surface area contributed by atoms with Gasteiger partial charge in [0.15, 0.2) is 0 Å². The molecular weight excluding hydrogens is 210 g/mol. The Kier molecular flexibility index (Phi) is 3.82. The third kappa shape index (κ3) is 2.54. The lowest BCUT2D eigenvalue weighted by Crippen LogP contribution is -2.43. The molecule has 86 valence electrons. The monoisotopic (exact) mass is 229 g/mol. The molecule has 15 heavy (non-hydrogen) atoms. The number of thioether (sulfide) groups is 1. The first-order chi connectivity index (χ1) is 6.90. The van der Waals surface area contributed by atoms with E-state index in [0.717, 1.165) is 5.75 Å². The molecule has 1 heterocycles. The Morgan fingerprint density at radius 3 is 2.47 bits per heavy atom. The molecule has 0 aliphatic carbocycles. The lowest BCUT2D eigenvalue weighted by Gasteiger charge is -2.25. The highest BCUT2D eigenvalue weighted by molar-refractivity contribution is 8.00. The molecule has 1 amide bonds. The van der Waals surface area contributed by atoms with Gasteiger partial charge in [0.2, 0.25) is 5.78 Å². The van der Waals surface area contributed by atoms with Crippen LogP contribution in [0.3, 0.4) is 0 Å². The Morgan fingerprint density at radius 1 is 1.47 bits per heavy atom. The third-order valence-electron chi connectivity index (χ3n) is 3.08. The van der Waals surface area contributed by atoms with Gasteiger partial charge in [-0.3, -0.25) is 9.59 Å². The second-order valence-corrected chi connectivity index (χ2v) is 5.96. The van der Waals surface area contributed by atoms with Gasteiger partial charge in [0.25, 0.3) is 5.91 Å². The van der Waals surface area contributed by atoms with E-state index in [1.807, 2.05) is 27.7 Å². The van der Waals surface area contributed by atoms with E-state index in [2.05, 4.69) is 0 Å². The summed E-state index contributed by atoms with van der Waals surface area (Å²) in [4.78, 5) is 25.5. The molecule has 1 fully saturated rings. The van der Waals surface area contributed by atoms with Gasteiger partial charge in [-0.1, -0.05) is 20.8 Å². The van der Waals surface area contributed by atoms with Gasteiger partial charge in [0.1, 0.15) is 0 Å². The van der Waals surface area contributed by atoms with E-state index >= 15 is 0 Å². The Morgan fingerprint density at radius 2 is 2.07 bits per heavy atom. The molecule has 1 aliphatic heterocycles. The topological polar surface area (TPSA) is 37.4 Å². The van der Waals surface area contributed by atoms with Crippen molar-refractivity contribution in [3.8, 4) is 0 Å². The smallest absolute Gasteiger partial charge is 0.291 e. The SMILES string of the molecule is CCC(C)(C)C(=O)C(=O)N1CCS[C@@H]1C. The summed E-state index contributed by atoms with van der Waals surface area (Å²) in [6, 6.07) is 0. The second-order valence-electron chi connectivity index (χ2n) is 4.54. The van der Waals surface area contributed by atoms with E-state index in [4.69, 9.17) is 0 Å². The molecule has 1 aliphatic rings. The summed E-state index contributed by atoms with van der Waals surface area (Å²) < 4.78 is 0. The average Bonchev–Trinajstić information content (AvgIpc) is 2.62. The van der Waals surface area contributed by atoms with Crippen molar-refractivity contribution in [3.05, 3.63) is 0 Å². The van der Waals surface area contributed by atoms with Crippen LogP contribution in [0.4, 0.5) is 0 Å². The highest BCUT2D eigenvalue weighted by Crippen LogP contribution is 2.27. The fraction of sp³-hybridized carbons (Fsp3) is 0.818. The summed E-state index contributed by atoms with van der Waals surface area (Å²) >= 11 is 1.72. The van der Waals surface area contributed by atoms with Crippen LogP contribution in [0.15, 0.2) is 0 Å². The average molecular weight is 229 g/mol. The maximum atomic E-state index is 11.9. The van der Waals surface area contributed by atoms with Crippen molar-refractivity contribution in [3.63, 3.8) is 0 Å². The molecular formula is C11H19NO2S. The van der Waals surface area contributed by atoms with Crippen molar-refractivity contribution in [2.45, 2.75) is 39.5 Å². The molecule has 1 saturated heterocycles. The molecule has 0 aromatic heterocycles. The summed E-state index contributed by atoms with van der Waals surface area (Å²) in [5.74, 6) is 0.380. The minimum absolute atomic E-state index is 0.147. The van der Waals surface area contributed by atoms with Crippen LogP contribution in [0.1, 0.15) is 34.1 Å². The first-order valence-electron chi connectivity index (χ1n) is 5.37. The fourth-order valence-corrected chi connectivity index (χ4v) is 2.46. The molecule has 0 unspecified atom stereocenters. The number of nitrogens with zero attached hydrogens (tertiary/aromatic N) is 1. The molecule has 1 rings (SSSR count). The van der Waals surface area contributed by atoms with Crippen LogP contribution in [-0.4, -0.2) is 34.3 Å². The third-order valence-corrected chi connectivity index (χ3v) is 4.24. The molecule has 0 saturated carbocycles. The predicted octanol–water partition coefficient (Wildman–Crippen LogP) is 1.91. The summed E-state index contributed by atoms with van der Waals surface area (Å²) in [5.41, 5.74) is -0.524. The molecule has 1 atom stereocenters. The highest BCUT2D eigenvalue weighted by Gasteiger charge is 2.37. The van der Waals surface area contributed by atoms with Crippen LogP contribution in [0.25, 0.3) is 0 Å². The van der Waals surface area contributed by atoms with Crippen LogP contribution >= 0.6 is 11.8 Å². The van der Waals surface area contributed by atoms with Crippen molar-refractivity contribution in [1.82, 2.24) is 4.90 Å². The molecule has 3 nitrogen and oxygen atoms in total. The minimum atomic E-state index is -0.524. The number of rotatable bonds is 3. The van der Waals surface area contributed by atoms with E-state index in [-0.39, 0.29) is 17.1 Å². The summed E-state index contributed by atoms with van der Waals surface area (Å²) in [6.45, 7) is 8.29. The summed E-state index contributed by atoms with van der Waals surface area (Å²) in [6.07, 6.45) is 0.701.